The van der Waals surface area contributed by atoms with E-state index in [1.54, 1.807) is 13.0 Å². The van der Waals surface area contributed by atoms with Crippen molar-refractivity contribution < 1.29 is 8.78 Å². The average Bonchev–Trinajstić information content (AvgIpc) is 2.74. The molecule has 4 heteroatoms. The highest BCUT2D eigenvalue weighted by Crippen LogP contribution is 2.27. The summed E-state index contributed by atoms with van der Waals surface area (Å²) in [6.07, 6.45) is 2.79. The fraction of sp³-hybridized carbons (Fsp3) is 0.214. The highest BCUT2D eigenvalue weighted by Gasteiger charge is 2.16. The molecule has 2 heterocycles. The van der Waals surface area contributed by atoms with Crippen molar-refractivity contribution in [3.63, 3.8) is 0 Å². The Labute approximate surface area is 105 Å². The Balaban J connectivity index is 0.000000771. The van der Waals surface area contributed by atoms with Crippen LogP contribution < -0.4 is 0 Å². The summed E-state index contributed by atoms with van der Waals surface area (Å²) >= 11 is 0. The van der Waals surface area contributed by atoms with Crippen LogP contribution in [0.1, 0.15) is 26.3 Å². The molecule has 0 spiro atoms. The smallest absolute Gasteiger partial charge is 0.222 e. The van der Waals surface area contributed by atoms with Crippen LogP contribution in [0.25, 0.3) is 16.8 Å². The number of hydrogen-bond donors (Lipinski definition) is 1. The van der Waals surface area contributed by atoms with Crippen LogP contribution in [0.15, 0.2) is 31.1 Å². The van der Waals surface area contributed by atoms with Crippen molar-refractivity contribution in [1.82, 2.24) is 9.97 Å². The Kier molecular flexibility index (Phi) is 4.77. The maximum Gasteiger partial charge on any atom is 0.222 e. The van der Waals surface area contributed by atoms with Gasteiger partial charge in [-0.2, -0.15) is 4.39 Å². The molecule has 1 N–H and O–H groups in total. The Morgan fingerprint density at radius 2 is 2.00 bits per heavy atom. The molecule has 0 bridgehead atoms. The summed E-state index contributed by atoms with van der Waals surface area (Å²) in [7, 11) is 0. The molecule has 96 valence electrons. The second-order valence-corrected chi connectivity index (χ2v) is 3.51. The quantitative estimate of drug-likeness (QED) is 0.785. The van der Waals surface area contributed by atoms with E-state index in [4.69, 9.17) is 0 Å². The number of aromatic nitrogens is 2. The molecule has 0 unspecified atom stereocenters. The van der Waals surface area contributed by atoms with Crippen molar-refractivity contribution in [2.24, 2.45) is 0 Å². The lowest BCUT2D eigenvalue weighted by Crippen LogP contribution is -1.90. The molecule has 2 aromatic heterocycles. The predicted molar refractivity (Wildman–Crippen MR) is 70.0 cm³/mol. The number of H-pyrrole nitrogens is 1. The predicted octanol–water partition coefficient (Wildman–Crippen LogP) is 4.41. The first-order valence-electron chi connectivity index (χ1n) is 5.75. The van der Waals surface area contributed by atoms with Gasteiger partial charge in [-0.3, -0.25) is 0 Å². The molecule has 18 heavy (non-hydrogen) atoms. The van der Waals surface area contributed by atoms with Crippen LogP contribution >= 0.6 is 0 Å². The molecule has 0 aliphatic rings. The summed E-state index contributed by atoms with van der Waals surface area (Å²) < 4.78 is 27.2. The molecule has 0 radical (unpaired) electrons. The minimum atomic E-state index is -0.698. The van der Waals surface area contributed by atoms with Crippen LogP contribution in [0.5, 0.6) is 0 Å². The van der Waals surface area contributed by atoms with Crippen molar-refractivity contribution in [3.05, 3.63) is 48.4 Å². The lowest BCUT2D eigenvalue weighted by molar-refractivity contribution is 0.582. The third kappa shape index (κ3) is 2.64. The van der Waals surface area contributed by atoms with E-state index in [0.717, 1.165) is 0 Å². The van der Waals surface area contributed by atoms with E-state index in [1.165, 1.54) is 18.5 Å². The summed E-state index contributed by atoms with van der Waals surface area (Å²) in [6.45, 7) is 9.34. The van der Waals surface area contributed by atoms with E-state index in [0.29, 0.717) is 11.1 Å². The van der Waals surface area contributed by atoms with Gasteiger partial charge in [0.25, 0.3) is 0 Å². The number of allylic oxidation sites excluding steroid dienone is 1. The molecule has 0 saturated carbocycles. The Bertz CT molecular complexity index is 544. The van der Waals surface area contributed by atoms with Gasteiger partial charge in [-0.25, -0.2) is 9.37 Å². The fourth-order valence-corrected chi connectivity index (χ4v) is 1.48. The molecule has 0 saturated heterocycles. The first-order chi connectivity index (χ1) is 8.61. The number of pyridine rings is 1. The highest BCUT2D eigenvalue weighted by molar-refractivity contribution is 5.70. The molecular weight excluding hydrogens is 234 g/mol. The Morgan fingerprint density at radius 3 is 2.50 bits per heavy atom. The summed E-state index contributed by atoms with van der Waals surface area (Å²) in [5.41, 5.74) is 1.17. The van der Waals surface area contributed by atoms with Crippen LogP contribution in [0, 0.1) is 11.8 Å². The topological polar surface area (TPSA) is 28.7 Å². The molecule has 0 amide bonds. The highest BCUT2D eigenvalue weighted by atomic mass is 19.1. The zero-order chi connectivity index (χ0) is 13.7. The Morgan fingerprint density at radius 1 is 1.33 bits per heavy atom. The summed E-state index contributed by atoms with van der Waals surface area (Å²) in [5.74, 6) is -1.20. The molecule has 2 aromatic rings. The first kappa shape index (κ1) is 14.1. The van der Waals surface area contributed by atoms with Crippen LogP contribution in [-0.4, -0.2) is 9.97 Å². The average molecular weight is 250 g/mol. The van der Waals surface area contributed by atoms with Gasteiger partial charge in [0.2, 0.25) is 5.95 Å². The monoisotopic (exact) mass is 250 g/mol. The van der Waals surface area contributed by atoms with Gasteiger partial charge in [0.15, 0.2) is 5.82 Å². The van der Waals surface area contributed by atoms with E-state index in [2.05, 4.69) is 16.5 Å². The van der Waals surface area contributed by atoms with Crippen molar-refractivity contribution in [1.29, 1.82) is 0 Å². The summed E-state index contributed by atoms with van der Waals surface area (Å²) in [4.78, 5) is 6.17. The van der Waals surface area contributed by atoms with E-state index in [-0.39, 0.29) is 11.3 Å². The molecule has 2 rings (SSSR count). The van der Waals surface area contributed by atoms with E-state index in [9.17, 15) is 8.78 Å². The van der Waals surface area contributed by atoms with E-state index >= 15 is 0 Å². The molecule has 0 atom stereocenters. The molecule has 0 fully saturated rings. The normalized spacial score (nSPS) is 9.61. The molecule has 0 aliphatic heterocycles. The van der Waals surface area contributed by atoms with Gasteiger partial charge in [0.05, 0.1) is 11.3 Å². The summed E-state index contributed by atoms with van der Waals surface area (Å²) in [5, 5.41) is 0. The fourth-order valence-electron chi connectivity index (χ4n) is 1.48. The van der Waals surface area contributed by atoms with Gasteiger partial charge in [0, 0.05) is 18.0 Å². The van der Waals surface area contributed by atoms with E-state index < -0.39 is 11.8 Å². The molecule has 0 aliphatic carbocycles. The number of aromatic amines is 1. The number of nitrogens with one attached hydrogen (secondary N) is 1. The van der Waals surface area contributed by atoms with Crippen molar-refractivity contribution >= 4 is 5.57 Å². The van der Waals surface area contributed by atoms with Crippen molar-refractivity contribution in [3.8, 4) is 11.3 Å². The van der Waals surface area contributed by atoms with Gasteiger partial charge < -0.3 is 4.98 Å². The second kappa shape index (κ2) is 6.10. The van der Waals surface area contributed by atoms with Crippen LogP contribution in [0.3, 0.4) is 0 Å². The van der Waals surface area contributed by atoms with Crippen LogP contribution in [0.2, 0.25) is 0 Å². The van der Waals surface area contributed by atoms with Gasteiger partial charge in [-0.15, -0.1) is 0 Å². The maximum absolute atomic E-state index is 13.9. The van der Waals surface area contributed by atoms with Crippen LogP contribution in [0.4, 0.5) is 8.78 Å². The maximum atomic E-state index is 13.9. The molecule has 0 aromatic carbocycles. The van der Waals surface area contributed by atoms with Gasteiger partial charge in [-0.05, 0) is 24.6 Å². The lowest BCUT2D eigenvalue weighted by Gasteiger charge is -2.00. The third-order valence-corrected chi connectivity index (χ3v) is 2.31. The van der Waals surface area contributed by atoms with E-state index in [1.807, 2.05) is 13.8 Å². The first-order valence-corrected chi connectivity index (χ1v) is 5.75. The number of hydrogen-bond acceptors (Lipinski definition) is 1. The third-order valence-electron chi connectivity index (χ3n) is 2.31. The van der Waals surface area contributed by atoms with Crippen molar-refractivity contribution in [2.75, 3.05) is 0 Å². The zero-order valence-electron chi connectivity index (χ0n) is 10.7. The second-order valence-electron chi connectivity index (χ2n) is 3.51. The summed E-state index contributed by atoms with van der Waals surface area (Å²) in [6, 6.07) is 3.03. The standard InChI is InChI=1S/C12H10F2N2.C2H6/c1-7(2)9-6-16-11(10(9)13)8-4-3-5-15-12(8)14;1-2/h3-6,16H,1H2,2H3;1-2H3. The Hall–Kier alpha value is -1.97. The molecular formula is C14H16F2N2. The van der Waals surface area contributed by atoms with Crippen LogP contribution in [-0.2, 0) is 0 Å². The largest absolute Gasteiger partial charge is 0.358 e. The number of rotatable bonds is 2. The van der Waals surface area contributed by atoms with Gasteiger partial charge >= 0.3 is 0 Å². The minimum Gasteiger partial charge on any atom is -0.358 e. The number of halogens is 2. The lowest BCUT2D eigenvalue weighted by atomic mass is 10.1. The van der Waals surface area contributed by atoms with Gasteiger partial charge in [0.1, 0.15) is 0 Å². The molecule has 2 nitrogen and oxygen atoms in total. The van der Waals surface area contributed by atoms with Crippen molar-refractivity contribution in [2.45, 2.75) is 20.8 Å². The van der Waals surface area contributed by atoms with Gasteiger partial charge in [-0.1, -0.05) is 20.4 Å². The SMILES string of the molecule is C=C(C)c1c[nH]c(-c2cccnc2F)c1F.CC. The number of nitrogens with zero attached hydrogens (tertiary/aromatic N) is 1. The zero-order valence-corrected chi connectivity index (χ0v) is 10.7. The minimum absolute atomic E-state index is 0.101.